The lowest BCUT2D eigenvalue weighted by atomic mass is 10.2. The number of rotatable bonds is 3. The van der Waals surface area contributed by atoms with Gasteiger partial charge in [0.25, 0.3) is 0 Å². The summed E-state index contributed by atoms with van der Waals surface area (Å²) < 4.78 is 44.1. The first-order chi connectivity index (χ1) is 10.5. The Kier molecular flexibility index (Phi) is 5.21. The Hall–Kier alpha value is -1.33. The van der Waals surface area contributed by atoms with Crippen molar-refractivity contribution in [3.8, 4) is 11.5 Å². The molecule has 0 aliphatic rings. The smallest absolute Gasteiger partial charge is 0.417 e. The molecule has 0 fully saturated rings. The Morgan fingerprint density at radius 3 is 2.00 bits per heavy atom. The number of benzene rings is 2. The van der Waals surface area contributed by atoms with Crippen molar-refractivity contribution >= 4 is 23.4 Å². The summed E-state index contributed by atoms with van der Waals surface area (Å²) in [4.78, 5) is 1.07. The lowest BCUT2D eigenvalue weighted by Crippen LogP contribution is -2.06. The highest BCUT2D eigenvalue weighted by Gasteiger charge is 2.33. The van der Waals surface area contributed by atoms with Crippen LogP contribution >= 0.6 is 23.4 Å². The van der Waals surface area contributed by atoms with Crippen molar-refractivity contribution in [1.82, 2.24) is 0 Å². The highest BCUT2D eigenvalue weighted by Crippen LogP contribution is 2.38. The fourth-order valence-electron chi connectivity index (χ4n) is 1.85. The summed E-state index contributed by atoms with van der Waals surface area (Å²) in [6.07, 6.45) is -4.51. The minimum Gasteiger partial charge on any atom is -0.457 e. The Bertz CT molecular complexity index is 676. The number of thioether (sulfide) groups is 1. The molecule has 0 radical (unpaired) electrons. The number of halogens is 4. The van der Waals surface area contributed by atoms with Crippen LogP contribution in [0.3, 0.4) is 0 Å². The van der Waals surface area contributed by atoms with Gasteiger partial charge >= 0.3 is 6.18 Å². The lowest BCUT2D eigenvalue weighted by molar-refractivity contribution is -0.137. The van der Waals surface area contributed by atoms with Crippen LogP contribution < -0.4 is 4.74 Å². The zero-order chi connectivity index (χ0) is 17.3. The lowest BCUT2D eigenvalue weighted by Gasteiger charge is -2.17. The predicted molar refractivity (Wildman–Crippen MR) is 88.6 cm³/mol. The van der Waals surface area contributed by atoms with Crippen molar-refractivity contribution in [2.24, 2.45) is 0 Å². The summed E-state index contributed by atoms with van der Waals surface area (Å²) in [5.41, 5.74) is -0.906. The SMILES string of the molecule is CC(C)(C)Sc1ccc(Oc2ccc(Cl)c(C(F)(F)F)c2)cc1. The van der Waals surface area contributed by atoms with Crippen LogP contribution in [0.1, 0.15) is 26.3 Å². The molecule has 0 N–H and O–H groups in total. The maximum Gasteiger partial charge on any atom is 0.417 e. The molecule has 124 valence electrons. The Morgan fingerprint density at radius 2 is 1.48 bits per heavy atom. The number of hydrogen-bond acceptors (Lipinski definition) is 2. The van der Waals surface area contributed by atoms with E-state index in [2.05, 4.69) is 20.8 Å². The van der Waals surface area contributed by atoms with E-state index in [0.29, 0.717) is 5.75 Å². The molecule has 0 bridgehead atoms. The second-order valence-electron chi connectivity index (χ2n) is 5.93. The fraction of sp³-hybridized carbons (Fsp3) is 0.294. The van der Waals surface area contributed by atoms with Crippen molar-refractivity contribution < 1.29 is 17.9 Å². The third kappa shape index (κ3) is 5.36. The Labute approximate surface area is 142 Å². The molecule has 0 aliphatic heterocycles. The van der Waals surface area contributed by atoms with E-state index in [1.165, 1.54) is 12.1 Å². The van der Waals surface area contributed by atoms with Crippen LogP contribution in [-0.2, 0) is 6.18 Å². The molecule has 2 aromatic carbocycles. The predicted octanol–water partition coefficient (Wildman–Crippen LogP) is 7.04. The molecule has 0 atom stereocenters. The van der Waals surface area contributed by atoms with E-state index in [1.807, 2.05) is 12.1 Å². The van der Waals surface area contributed by atoms with Crippen molar-refractivity contribution in [1.29, 1.82) is 0 Å². The average molecular weight is 361 g/mol. The van der Waals surface area contributed by atoms with Gasteiger partial charge in [-0.1, -0.05) is 32.4 Å². The van der Waals surface area contributed by atoms with E-state index < -0.39 is 11.7 Å². The van der Waals surface area contributed by atoms with Crippen LogP contribution in [0.2, 0.25) is 5.02 Å². The Morgan fingerprint density at radius 1 is 0.913 bits per heavy atom. The first-order valence-electron chi connectivity index (χ1n) is 6.88. The molecule has 6 heteroatoms. The highest BCUT2D eigenvalue weighted by atomic mass is 35.5. The van der Waals surface area contributed by atoms with Gasteiger partial charge < -0.3 is 4.74 Å². The van der Waals surface area contributed by atoms with Crippen molar-refractivity contribution in [2.45, 2.75) is 36.6 Å². The molecule has 0 spiro atoms. The van der Waals surface area contributed by atoms with E-state index in [-0.39, 0.29) is 15.5 Å². The number of ether oxygens (including phenoxy) is 1. The van der Waals surface area contributed by atoms with Gasteiger partial charge in [0.05, 0.1) is 10.6 Å². The zero-order valence-electron chi connectivity index (χ0n) is 12.9. The normalized spacial score (nSPS) is 12.3. The quantitative estimate of drug-likeness (QED) is 0.543. The molecule has 0 unspecified atom stereocenters. The van der Waals surface area contributed by atoms with Gasteiger partial charge in [0.2, 0.25) is 0 Å². The number of hydrogen-bond donors (Lipinski definition) is 0. The minimum atomic E-state index is -4.51. The molecule has 0 amide bonds. The van der Waals surface area contributed by atoms with Crippen LogP contribution in [0.15, 0.2) is 47.4 Å². The van der Waals surface area contributed by atoms with Crippen LogP contribution in [0.4, 0.5) is 13.2 Å². The number of alkyl halides is 3. The Balaban J connectivity index is 2.17. The molecule has 0 saturated heterocycles. The molecule has 0 heterocycles. The van der Waals surface area contributed by atoms with E-state index in [4.69, 9.17) is 16.3 Å². The van der Waals surface area contributed by atoms with Gasteiger partial charge in [-0.3, -0.25) is 0 Å². The second kappa shape index (κ2) is 6.65. The molecule has 0 saturated carbocycles. The van der Waals surface area contributed by atoms with Crippen LogP contribution in [0.25, 0.3) is 0 Å². The van der Waals surface area contributed by atoms with Crippen molar-refractivity contribution in [3.05, 3.63) is 53.1 Å². The topological polar surface area (TPSA) is 9.23 Å². The fourth-order valence-corrected chi connectivity index (χ4v) is 3.05. The standard InChI is InChI=1S/C17H16ClF3OS/c1-16(2,3)23-13-7-4-11(5-8-13)22-12-6-9-15(18)14(10-12)17(19,20)21/h4-10H,1-3H3. The van der Waals surface area contributed by atoms with Gasteiger partial charge in [-0.25, -0.2) is 0 Å². The van der Waals surface area contributed by atoms with Crippen molar-refractivity contribution in [3.63, 3.8) is 0 Å². The van der Waals surface area contributed by atoms with Crippen LogP contribution in [0, 0.1) is 0 Å². The van der Waals surface area contributed by atoms with E-state index in [9.17, 15) is 13.2 Å². The first-order valence-corrected chi connectivity index (χ1v) is 8.08. The van der Waals surface area contributed by atoms with Gasteiger partial charge in [-0.05, 0) is 42.5 Å². The molecule has 2 aromatic rings. The zero-order valence-corrected chi connectivity index (χ0v) is 14.4. The van der Waals surface area contributed by atoms with Crippen molar-refractivity contribution in [2.75, 3.05) is 0 Å². The summed E-state index contributed by atoms with van der Waals surface area (Å²) in [6, 6.07) is 10.7. The van der Waals surface area contributed by atoms with Gasteiger partial charge in [0, 0.05) is 9.64 Å². The summed E-state index contributed by atoms with van der Waals surface area (Å²) in [7, 11) is 0. The third-order valence-electron chi connectivity index (χ3n) is 2.73. The summed E-state index contributed by atoms with van der Waals surface area (Å²) >= 11 is 7.29. The monoisotopic (exact) mass is 360 g/mol. The van der Waals surface area contributed by atoms with Gasteiger partial charge in [0.15, 0.2) is 0 Å². The first kappa shape index (κ1) is 18.0. The van der Waals surface area contributed by atoms with E-state index in [1.54, 1.807) is 23.9 Å². The van der Waals surface area contributed by atoms with Crippen LogP contribution in [-0.4, -0.2) is 4.75 Å². The van der Waals surface area contributed by atoms with Crippen LogP contribution in [0.5, 0.6) is 11.5 Å². The summed E-state index contributed by atoms with van der Waals surface area (Å²) in [5, 5.41) is -0.346. The van der Waals surface area contributed by atoms with Gasteiger partial charge in [0.1, 0.15) is 11.5 Å². The van der Waals surface area contributed by atoms with E-state index in [0.717, 1.165) is 11.0 Å². The summed E-state index contributed by atoms with van der Waals surface area (Å²) in [5.74, 6) is 0.566. The molecule has 0 aromatic heterocycles. The second-order valence-corrected chi connectivity index (χ2v) is 8.23. The largest absolute Gasteiger partial charge is 0.457 e. The van der Waals surface area contributed by atoms with Gasteiger partial charge in [-0.15, -0.1) is 11.8 Å². The van der Waals surface area contributed by atoms with E-state index >= 15 is 0 Å². The molecular weight excluding hydrogens is 345 g/mol. The average Bonchev–Trinajstić information content (AvgIpc) is 2.40. The molecule has 0 aliphatic carbocycles. The molecular formula is C17H16ClF3OS. The molecule has 23 heavy (non-hydrogen) atoms. The molecule has 2 rings (SSSR count). The van der Waals surface area contributed by atoms with Gasteiger partial charge in [-0.2, -0.15) is 13.2 Å². The maximum atomic E-state index is 12.8. The third-order valence-corrected chi connectivity index (χ3v) is 4.18. The summed E-state index contributed by atoms with van der Waals surface area (Å²) in [6.45, 7) is 6.32. The molecule has 1 nitrogen and oxygen atoms in total. The highest BCUT2D eigenvalue weighted by molar-refractivity contribution is 8.00. The minimum absolute atomic E-state index is 0.0835. The maximum absolute atomic E-state index is 12.8.